The van der Waals surface area contributed by atoms with Gasteiger partial charge in [-0.15, -0.1) is 11.3 Å². The van der Waals surface area contributed by atoms with Crippen LogP contribution < -0.4 is 15.8 Å². The lowest BCUT2D eigenvalue weighted by Crippen LogP contribution is -2.30. The predicted molar refractivity (Wildman–Crippen MR) is 101 cm³/mol. The van der Waals surface area contributed by atoms with Crippen LogP contribution in [0, 0.1) is 5.82 Å². The predicted octanol–water partition coefficient (Wildman–Crippen LogP) is 2.67. The summed E-state index contributed by atoms with van der Waals surface area (Å²) in [5, 5.41) is 2.98. The summed E-state index contributed by atoms with van der Waals surface area (Å²) in [5.74, 6) is -2.79. The van der Waals surface area contributed by atoms with E-state index in [1.54, 1.807) is 0 Å². The van der Waals surface area contributed by atoms with Gasteiger partial charge in [-0.2, -0.15) is 0 Å². The van der Waals surface area contributed by atoms with Gasteiger partial charge in [-0.05, 0) is 49.9 Å². The van der Waals surface area contributed by atoms with Crippen molar-refractivity contribution in [3.8, 4) is 5.75 Å². The van der Waals surface area contributed by atoms with Gasteiger partial charge in [-0.25, -0.2) is 9.18 Å². The number of ether oxygens (including phenoxy) is 2. The summed E-state index contributed by atoms with van der Waals surface area (Å²) in [7, 11) is 1.31. The Morgan fingerprint density at radius 2 is 2.04 bits per heavy atom. The zero-order valence-corrected chi connectivity index (χ0v) is 16.2. The number of thiophene rings is 1. The molecule has 148 valence electrons. The molecule has 2 aromatic rings. The van der Waals surface area contributed by atoms with E-state index >= 15 is 0 Å². The normalized spacial score (nSPS) is 13.5. The first-order valence-electron chi connectivity index (χ1n) is 8.61. The van der Waals surface area contributed by atoms with Crippen LogP contribution in [0.15, 0.2) is 18.2 Å². The number of fused-ring (bicyclic) bond motifs is 1. The monoisotopic (exact) mass is 406 g/mol. The van der Waals surface area contributed by atoms with E-state index in [-0.39, 0.29) is 11.3 Å². The summed E-state index contributed by atoms with van der Waals surface area (Å²) in [6.45, 7) is 1.39. The molecule has 0 saturated heterocycles. The SMILES string of the molecule is COc1ccc(C(=O)O[C@H](C)C(=O)Nc2sc3c(c2C(N)=O)CCC3)cc1F. The largest absolute Gasteiger partial charge is 0.494 e. The molecule has 1 atom stereocenters. The fraction of sp³-hybridized carbons (Fsp3) is 0.316. The van der Waals surface area contributed by atoms with Crippen LogP contribution in [0.1, 0.15) is 44.5 Å². The van der Waals surface area contributed by atoms with E-state index < -0.39 is 29.7 Å². The van der Waals surface area contributed by atoms with E-state index in [0.29, 0.717) is 10.6 Å². The van der Waals surface area contributed by atoms with Crippen molar-refractivity contribution in [3.05, 3.63) is 45.6 Å². The number of nitrogens with two attached hydrogens (primary N) is 1. The summed E-state index contributed by atoms with van der Waals surface area (Å²) in [6, 6.07) is 3.60. The van der Waals surface area contributed by atoms with Gasteiger partial charge in [0.15, 0.2) is 17.7 Å². The first-order valence-corrected chi connectivity index (χ1v) is 9.43. The average Bonchev–Trinajstić information content (AvgIpc) is 3.21. The molecule has 1 heterocycles. The van der Waals surface area contributed by atoms with E-state index in [9.17, 15) is 18.8 Å². The molecule has 28 heavy (non-hydrogen) atoms. The molecule has 0 bridgehead atoms. The molecule has 7 nitrogen and oxygen atoms in total. The number of primary amides is 1. The molecule has 9 heteroatoms. The second-order valence-electron chi connectivity index (χ2n) is 6.31. The molecule has 1 aromatic heterocycles. The lowest BCUT2D eigenvalue weighted by Gasteiger charge is -2.14. The molecular formula is C19H19FN2O5S. The number of halogens is 1. The van der Waals surface area contributed by atoms with E-state index in [0.717, 1.165) is 35.8 Å². The molecule has 0 spiro atoms. The lowest BCUT2D eigenvalue weighted by atomic mass is 10.1. The van der Waals surface area contributed by atoms with Crippen LogP contribution in [0.5, 0.6) is 5.75 Å². The van der Waals surface area contributed by atoms with Crippen LogP contribution in [0.3, 0.4) is 0 Å². The van der Waals surface area contributed by atoms with E-state index in [2.05, 4.69) is 5.32 Å². The number of amides is 2. The maximum atomic E-state index is 13.7. The fourth-order valence-corrected chi connectivity index (χ4v) is 4.34. The van der Waals surface area contributed by atoms with Gasteiger partial charge >= 0.3 is 5.97 Å². The minimum absolute atomic E-state index is 0.00735. The van der Waals surface area contributed by atoms with E-state index in [1.807, 2.05) is 0 Å². The molecule has 1 aliphatic carbocycles. The Hall–Kier alpha value is -2.94. The van der Waals surface area contributed by atoms with Gasteiger partial charge in [0.05, 0.1) is 18.2 Å². The zero-order chi connectivity index (χ0) is 20.4. The lowest BCUT2D eigenvalue weighted by molar-refractivity contribution is -0.123. The number of carbonyl (C=O) groups excluding carboxylic acids is 3. The van der Waals surface area contributed by atoms with Crippen molar-refractivity contribution in [2.45, 2.75) is 32.3 Å². The number of methoxy groups -OCH3 is 1. The number of esters is 1. The molecule has 0 aliphatic heterocycles. The molecule has 0 fully saturated rings. The maximum absolute atomic E-state index is 13.7. The second-order valence-corrected chi connectivity index (χ2v) is 7.42. The Morgan fingerprint density at radius 1 is 1.29 bits per heavy atom. The van der Waals surface area contributed by atoms with Crippen LogP contribution in [-0.2, 0) is 22.4 Å². The van der Waals surface area contributed by atoms with Crippen molar-refractivity contribution < 1.29 is 28.2 Å². The Labute approximate surface area is 164 Å². The molecule has 0 radical (unpaired) electrons. The molecule has 1 aliphatic rings. The number of carbonyl (C=O) groups is 3. The highest BCUT2D eigenvalue weighted by Gasteiger charge is 2.28. The molecule has 3 N–H and O–H groups in total. The summed E-state index contributed by atoms with van der Waals surface area (Å²) in [6.07, 6.45) is 1.37. The number of hydrogen-bond donors (Lipinski definition) is 2. The number of benzene rings is 1. The fourth-order valence-electron chi connectivity index (χ4n) is 3.04. The van der Waals surface area contributed by atoms with Crippen molar-refractivity contribution in [2.75, 3.05) is 12.4 Å². The van der Waals surface area contributed by atoms with Gasteiger partial charge in [0.25, 0.3) is 11.8 Å². The van der Waals surface area contributed by atoms with Crippen LogP contribution in [0.2, 0.25) is 0 Å². The van der Waals surface area contributed by atoms with Crippen molar-refractivity contribution in [1.82, 2.24) is 0 Å². The third-order valence-corrected chi connectivity index (χ3v) is 5.65. The Balaban J connectivity index is 1.69. The van der Waals surface area contributed by atoms with Gasteiger partial charge < -0.3 is 20.5 Å². The smallest absolute Gasteiger partial charge is 0.339 e. The Morgan fingerprint density at radius 3 is 2.68 bits per heavy atom. The van der Waals surface area contributed by atoms with E-state index in [4.69, 9.17) is 15.2 Å². The summed E-state index contributed by atoms with van der Waals surface area (Å²) in [5.41, 5.74) is 6.62. The summed E-state index contributed by atoms with van der Waals surface area (Å²) >= 11 is 1.31. The van der Waals surface area contributed by atoms with Crippen molar-refractivity contribution >= 4 is 34.1 Å². The van der Waals surface area contributed by atoms with Gasteiger partial charge in [0.2, 0.25) is 0 Å². The van der Waals surface area contributed by atoms with Crippen LogP contribution >= 0.6 is 11.3 Å². The highest BCUT2D eigenvalue weighted by Crippen LogP contribution is 2.38. The number of rotatable bonds is 6. The van der Waals surface area contributed by atoms with Gasteiger partial charge in [-0.3, -0.25) is 9.59 Å². The number of hydrogen-bond acceptors (Lipinski definition) is 6. The quantitative estimate of drug-likeness (QED) is 0.717. The molecular weight excluding hydrogens is 387 g/mol. The topological polar surface area (TPSA) is 108 Å². The number of nitrogens with one attached hydrogen (secondary N) is 1. The van der Waals surface area contributed by atoms with Crippen LogP contribution in [0.25, 0.3) is 0 Å². The average molecular weight is 406 g/mol. The summed E-state index contributed by atoms with van der Waals surface area (Å²) < 4.78 is 23.6. The number of anilines is 1. The van der Waals surface area contributed by atoms with Crippen molar-refractivity contribution in [1.29, 1.82) is 0 Å². The van der Waals surface area contributed by atoms with Gasteiger partial charge in [0, 0.05) is 4.88 Å². The van der Waals surface area contributed by atoms with Gasteiger partial charge in [0.1, 0.15) is 5.00 Å². The Kier molecular flexibility index (Phi) is 5.64. The molecule has 2 amide bonds. The molecule has 0 unspecified atom stereocenters. The first-order chi connectivity index (χ1) is 13.3. The zero-order valence-electron chi connectivity index (χ0n) is 15.3. The molecule has 1 aromatic carbocycles. The standard InChI is InChI=1S/C19H19FN2O5S/c1-9(27-19(25)10-6-7-13(26-2)12(20)8-10)17(24)22-18-15(16(21)23)11-4-3-5-14(11)28-18/h6-9H,3-5H2,1-2H3,(H2,21,23)(H,22,24)/t9-/m1/s1. The Bertz CT molecular complexity index is 956. The second kappa shape index (κ2) is 7.97. The summed E-state index contributed by atoms with van der Waals surface area (Å²) in [4.78, 5) is 37.4. The highest BCUT2D eigenvalue weighted by molar-refractivity contribution is 7.17. The first kappa shape index (κ1) is 19.8. The highest BCUT2D eigenvalue weighted by atomic mass is 32.1. The van der Waals surface area contributed by atoms with Crippen molar-refractivity contribution in [3.63, 3.8) is 0 Å². The third kappa shape index (κ3) is 3.84. The van der Waals surface area contributed by atoms with Crippen LogP contribution in [0.4, 0.5) is 9.39 Å². The number of aryl methyl sites for hydroxylation is 1. The molecule has 0 saturated carbocycles. The van der Waals surface area contributed by atoms with Crippen molar-refractivity contribution in [2.24, 2.45) is 5.73 Å². The third-order valence-electron chi connectivity index (χ3n) is 4.44. The minimum Gasteiger partial charge on any atom is -0.494 e. The molecule has 3 rings (SSSR count). The minimum atomic E-state index is -1.16. The van der Waals surface area contributed by atoms with Gasteiger partial charge in [-0.1, -0.05) is 0 Å². The maximum Gasteiger partial charge on any atom is 0.339 e. The van der Waals surface area contributed by atoms with E-state index in [1.165, 1.54) is 37.5 Å². The van der Waals surface area contributed by atoms with Crippen LogP contribution in [-0.4, -0.2) is 31.0 Å².